The highest BCUT2D eigenvalue weighted by Gasteiger charge is 2.47. The molecule has 0 aliphatic carbocycles. The van der Waals surface area contributed by atoms with Gasteiger partial charge in [-0.2, -0.15) is 5.01 Å². The highest BCUT2D eigenvalue weighted by molar-refractivity contribution is 6.07. The fourth-order valence-corrected chi connectivity index (χ4v) is 3.56. The molecule has 2 aromatic carbocycles. The maximum absolute atomic E-state index is 12.6. The smallest absolute Gasteiger partial charge is 0.344 e. The van der Waals surface area contributed by atoms with Gasteiger partial charge in [-0.1, -0.05) is 55.5 Å². The Morgan fingerprint density at radius 2 is 1.84 bits per heavy atom. The summed E-state index contributed by atoms with van der Waals surface area (Å²) in [6.45, 7) is 3.30. The van der Waals surface area contributed by atoms with Crippen LogP contribution in [-0.4, -0.2) is 34.9 Å². The third-order valence-electron chi connectivity index (χ3n) is 5.53. The van der Waals surface area contributed by atoms with Gasteiger partial charge in [0.2, 0.25) is 0 Å². The van der Waals surface area contributed by atoms with E-state index in [0.29, 0.717) is 12.2 Å². The Hall–Kier alpha value is -3.65. The monoisotopic (exact) mass is 420 g/mol. The summed E-state index contributed by atoms with van der Waals surface area (Å²) in [5, 5.41) is 7.48. The molecule has 4 amide bonds. The number of hydrazine groups is 1. The number of amides is 4. The molecule has 0 bridgehead atoms. The Morgan fingerprint density at radius 3 is 2.52 bits per heavy atom. The van der Waals surface area contributed by atoms with E-state index in [4.69, 9.17) is 4.42 Å². The van der Waals surface area contributed by atoms with Crippen molar-refractivity contribution in [1.29, 1.82) is 0 Å². The Bertz CT molecular complexity index is 1090. The Morgan fingerprint density at radius 1 is 1.13 bits per heavy atom. The minimum Gasteiger partial charge on any atom is -0.459 e. The molecule has 31 heavy (non-hydrogen) atoms. The van der Waals surface area contributed by atoms with Gasteiger partial charge in [0.15, 0.2) is 0 Å². The first kappa shape index (κ1) is 20.6. The number of urea groups is 1. The number of hydrogen-bond acceptors (Lipinski definition) is 5. The maximum atomic E-state index is 12.6. The molecular formula is C23H24N4O4. The van der Waals surface area contributed by atoms with E-state index in [1.54, 1.807) is 13.8 Å². The van der Waals surface area contributed by atoms with Gasteiger partial charge in [-0.15, -0.1) is 0 Å². The van der Waals surface area contributed by atoms with Crippen LogP contribution in [0, 0.1) is 0 Å². The summed E-state index contributed by atoms with van der Waals surface area (Å²) in [5.41, 5.74) is 3.05. The highest BCUT2D eigenvalue weighted by atomic mass is 16.3. The molecule has 1 fully saturated rings. The summed E-state index contributed by atoms with van der Waals surface area (Å²) in [6, 6.07) is 18.2. The fourth-order valence-electron chi connectivity index (χ4n) is 3.56. The van der Waals surface area contributed by atoms with E-state index in [0.717, 1.165) is 21.5 Å². The van der Waals surface area contributed by atoms with Gasteiger partial charge >= 0.3 is 6.03 Å². The van der Waals surface area contributed by atoms with Crippen molar-refractivity contribution in [2.75, 3.05) is 6.54 Å². The third-order valence-corrected chi connectivity index (χ3v) is 5.53. The molecule has 4 rings (SSSR count). The molecule has 1 aliphatic rings. The number of fused-ring (bicyclic) bond motifs is 1. The van der Waals surface area contributed by atoms with Gasteiger partial charge in [-0.25, -0.2) is 4.79 Å². The minimum atomic E-state index is -1.02. The largest absolute Gasteiger partial charge is 0.459 e. The van der Waals surface area contributed by atoms with E-state index in [2.05, 4.69) is 16.1 Å². The molecular weight excluding hydrogens is 396 g/mol. The molecule has 2 atom stereocenters. The first-order valence-electron chi connectivity index (χ1n) is 10.1. The molecule has 1 aliphatic heterocycles. The standard InChI is InChI=1S/C23H24N4O4/c1-3-23(2)21(29)27(22(30)25-23)26-19(28)14-24-20(15-9-5-4-6-10-15)18-13-16-11-7-8-12-17(16)31-18/h4-13,20,24H,3,14H2,1-2H3,(H,25,30)(H,26,28). The lowest BCUT2D eigenvalue weighted by molar-refractivity contribution is -0.138. The summed E-state index contributed by atoms with van der Waals surface area (Å²) in [5.74, 6) is -0.333. The summed E-state index contributed by atoms with van der Waals surface area (Å²) >= 11 is 0. The average molecular weight is 420 g/mol. The molecule has 1 saturated heterocycles. The molecule has 0 spiro atoms. The maximum Gasteiger partial charge on any atom is 0.344 e. The van der Waals surface area contributed by atoms with Crippen LogP contribution in [0.4, 0.5) is 4.79 Å². The van der Waals surface area contributed by atoms with Crippen LogP contribution in [0.3, 0.4) is 0 Å². The van der Waals surface area contributed by atoms with E-state index in [9.17, 15) is 14.4 Å². The number of carbonyl (C=O) groups is 3. The van der Waals surface area contributed by atoms with Crippen molar-refractivity contribution in [3.8, 4) is 0 Å². The Balaban J connectivity index is 1.50. The first-order chi connectivity index (χ1) is 14.9. The SMILES string of the molecule is CCC1(C)NC(=O)N(NC(=O)CNC(c2ccccc2)c2cc3ccccc3o2)C1=O. The zero-order chi connectivity index (χ0) is 22.0. The van der Waals surface area contributed by atoms with E-state index < -0.39 is 23.4 Å². The number of carbonyl (C=O) groups excluding carboxylic acids is 3. The van der Waals surface area contributed by atoms with Gasteiger partial charge in [0.25, 0.3) is 11.8 Å². The molecule has 3 aromatic rings. The van der Waals surface area contributed by atoms with Crippen LogP contribution in [0.15, 0.2) is 65.1 Å². The van der Waals surface area contributed by atoms with E-state index >= 15 is 0 Å². The zero-order valence-electron chi connectivity index (χ0n) is 17.3. The summed E-state index contributed by atoms with van der Waals surface area (Å²) in [4.78, 5) is 37.1. The van der Waals surface area contributed by atoms with Crippen molar-refractivity contribution < 1.29 is 18.8 Å². The van der Waals surface area contributed by atoms with Gasteiger partial charge < -0.3 is 9.73 Å². The van der Waals surface area contributed by atoms with Crippen LogP contribution in [0.2, 0.25) is 0 Å². The van der Waals surface area contributed by atoms with Crippen molar-refractivity contribution in [2.45, 2.75) is 31.8 Å². The molecule has 2 heterocycles. The molecule has 160 valence electrons. The highest BCUT2D eigenvalue weighted by Crippen LogP contribution is 2.28. The number of nitrogens with one attached hydrogen (secondary N) is 3. The lowest BCUT2D eigenvalue weighted by atomic mass is 10.00. The third kappa shape index (κ3) is 4.02. The average Bonchev–Trinajstić information content (AvgIpc) is 3.29. The van der Waals surface area contributed by atoms with Crippen LogP contribution in [0.5, 0.6) is 0 Å². The van der Waals surface area contributed by atoms with E-state index in [1.807, 2.05) is 60.7 Å². The number of para-hydroxylation sites is 1. The second kappa shape index (κ2) is 8.23. The first-order valence-corrected chi connectivity index (χ1v) is 10.1. The molecule has 2 unspecified atom stereocenters. The second-order valence-electron chi connectivity index (χ2n) is 7.70. The van der Waals surface area contributed by atoms with E-state index in [-0.39, 0.29) is 12.6 Å². The molecule has 0 radical (unpaired) electrons. The lowest BCUT2D eigenvalue weighted by Gasteiger charge is -2.20. The molecule has 0 saturated carbocycles. The predicted molar refractivity (Wildman–Crippen MR) is 115 cm³/mol. The van der Waals surface area contributed by atoms with Crippen LogP contribution in [0.25, 0.3) is 11.0 Å². The van der Waals surface area contributed by atoms with Gasteiger partial charge in [-0.3, -0.25) is 20.3 Å². The number of hydrogen-bond donors (Lipinski definition) is 3. The van der Waals surface area contributed by atoms with Crippen molar-refractivity contribution in [3.05, 3.63) is 72.0 Å². The Kier molecular flexibility index (Phi) is 5.48. The number of benzene rings is 2. The summed E-state index contributed by atoms with van der Waals surface area (Å²) < 4.78 is 6.00. The topological polar surface area (TPSA) is 104 Å². The van der Waals surface area contributed by atoms with Gasteiger partial charge in [0.05, 0.1) is 12.6 Å². The number of rotatable bonds is 7. The van der Waals surface area contributed by atoms with Crippen LogP contribution < -0.4 is 16.1 Å². The number of nitrogens with zero attached hydrogens (tertiary/aromatic N) is 1. The van der Waals surface area contributed by atoms with E-state index in [1.165, 1.54) is 0 Å². The Labute approximate surface area is 179 Å². The van der Waals surface area contributed by atoms with Crippen molar-refractivity contribution >= 4 is 28.8 Å². The zero-order valence-corrected chi connectivity index (χ0v) is 17.3. The summed E-state index contributed by atoms with van der Waals surface area (Å²) in [7, 11) is 0. The molecule has 8 nitrogen and oxygen atoms in total. The van der Waals surface area contributed by atoms with Crippen LogP contribution in [-0.2, 0) is 9.59 Å². The quantitative estimate of drug-likeness (QED) is 0.510. The molecule has 8 heteroatoms. The van der Waals surface area contributed by atoms with Crippen molar-refractivity contribution in [3.63, 3.8) is 0 Å². The van der Waals surface area contributed by atoms with Crippen molar-refractivity contribution in [1.82, 2.24) is 21.1 Å². The van der Waals surface area contributed by atoms with Crippen LogP contribution >= 0.6 is 0 Å². The van der Waals surface area contributed by atoms with Crippen LogP contribution in [0.1, 0.15) is 37.6 Å². The minimum absolute atomic E-state index is 0.128. The predicted octanol–water partition coefficient (Wildman–Crippen LogP) is 2.86. The summed E-state index contributed by atoms with van der Waals surface area (Å²) in [6.07, 6.45) is 0.421. The van der Waals surface area contributed by atoms with Gasteiger partial charge in [-0.05, 0) is 31.0 Å². The number of furan rings is 1. The van der Waals surface area contributed by atoms with Gasteiger partial charge in [0.1, 0.15) is 16.9 Å². The molecule has 3 N–H and O–H groups in total. The normalized spacial score (nSPS) is 19.5. The fraction of sp³-hybridized carbons (Fsp3) is 0.261. The van der Waals surface area contributed by atoms with Crippen molar-refractivity contribution in [2.24, 2.45) is 0 Å². The molecule has 1 aromatic heterocycles. The second-order valence-corrected chi connectivity index (χ2v) is 7.70. The number of imide groups is 1. The van der Waals surface area contributed by atoms with Gasteiger partial charge in [0, 0.05) is 5.39 Å². The lowest BCUT2D eigenvalue weighted by Crippen LogP contribution is -2.50.